The number of thioether (sulfide) groups is 1. The van der Waals surface area contributed by atoms with Crippen molar-refractivity contribution in [2.24, 2.45) is 5.10 Å². The lowest BCUT2D eigenvalue weighted by atomic mass is 9.98. The van der Waals surface area contributed by atoms with E-state index in [0.29, 0.717) is 12.2 Å². The molecule has 0 aliphatic carbocycles. The molecule has 6 heteroatoms. The van der Waals surface area contributed by atoms with Crippen LogP contribution in [0.5, 0.6) is 0 Å². The number of halogens is 1. The van der Waals surface area contributed by atoms with Gasteiger partial charge in [-0.3, -0.25) is 4.79 Å². The smallest absolute Gasteiger partial charge is 0.253 e. The number of para-hydroxylation sites is 1. The monoisotopic (exact) mass is 607 g/mol. The van der Waals surface area contributed by atoms with E-state index in [2.05, 4.69) is 125 Å². The third-order valence-electron chi connectivity index (χ3n) is 7.34. The van der Waals surface area contributed by atoms with Crippen molar-refractivity contribution >= 4 is 50.2 Å². The van der Waals surface area contributed by atoms with E-state index >= 15 is 0 Å². The van der Waals surface area contributed by atoms with Crippen LogP contribution in [-0.4, -0.2) is 26.9 Å². The second-order valence-corrected chi connectivity index (χ2v) is 12.3. The van der Waals surface area contributed by atoms with Crippen molar-refractivity contribution in [1.29, 1.82) is 0 Å². The van der Waals surface area contributed by atoms with E-state index in [0.717, 1.165) is 32.8 Å². The molecule has 1 aliphatic rings. The average molecular weight is 609 g/mol. The highest BCUT2D eigenvalue weighted by Crippen LogP contribution is 2.36. The van der Waals surface area contributed by atoms with Gasteiger partial charge in [0.15, 0.2) is 0 Å². The first-order valence-electron chi connectivity index (χ1n) is 13.4. The predicted molar refractivity (Wildman–Crippen MR) is 169 cm³/mol. The molecule has 0 fully saturated rings. The topological polar surface area (TPSA) is 37.6 Å². The maximum atomic E-state index is 13.8. The van der Waals surface area contributed by atoms with Gasteiger partial charge in [0.05, 0.1) is 17.5 Å². The number of hydrogen-bond acceptors (Lipinski definition) is 3. The third kappa shape index (κ3) is 5.65. The quantitative estimate of drug-likeness (QED) is 0.174. The maximum absolute atomic E-state index is 13.8. The summed E-state index contributed by atoms with van der Waals surface area (Å²) in [4.78, 5) is 14.9. The molecule has 0 bridgehead atoms. The van der Waals surface area contributed by atoms with Gasteiger partial charge in [0.1, 0.15) is 0 Å². The molecule has 0 radical (unpaired) electrons. The highest BCUT2D eigenvalue weighted by molar-refractivity contribution is 9.10. The fourth-order valence-electron chi connectivity index (χ4n) is 5.28. The van der Waals surface area contributed by atoms with Crippen LogP contribution in [0.1, 0.15) is 40.3 Å². The molecule has 40 heavy (non-hydrogen) atoms. The van der Waals surface area contributed by atoms with Crippen molar-refractivity contribution in [2.45, 2.75) is 37.8 Å². The summed E-state index contributed by atoms with van der Waals surface area (Å²) in [5.41, 5.74) is 7.98. The molecule has 4 aromatic carbocycles. The van der Waals surface area contributed by atoms with Gasteiger partial charge in [-0.25, -0.2) is 5.01 Å². The summed E-state index contributed by atoms with van der Waals surface area (Å²) in [5.74, 6) is 0.330. The lowest BCUT2D eigenvalue weighted by molar-refractivity contribution is -0.130. The van der Waals surface area contributed by atoms with E-state index in [-0.39, 0.29) is 11.9 Å². The van der Waals surface area contributed by atoms with E-state index in [1.165, 1.54) is 27.6 Å². The van der Waals surface area contributed by atoms with Gasteiger partial charge < -0.3 is 4.57 Å². The number of hydrazone groups is 1. The Balaban J connectivity index is 1.26. The SMILES string of the molecule is Cc1ccc([C@@H]2CC(c3ccc(Br)cc3)=NN2C(=O)CSc2cn(Cc3cccc(C)c3)c3ccccc23)cc1. The number of rotatable bonds is 7. The maximum Gasteiger partial charge on any atom is 0.253 e. The summed E-state index contributed by atoms with van der Waals surface area (Å²) >= 11 is 5.11. The van der Waals surface area contributed by atoms with E-state index in [9.17, 15) is 4.79 Å². The van der Waals surface area contributed by atoms with Crippen LogP contribution >= 0.6 is 27.7 Å². The number of hydrogen-bond donors (Lipinski definition) is 0. The molecule has 2 heterocycles. The molecular weight excluding hydrogens is 578 g/mol. The van der Waals surface area contributed by atoms with E-state index in [4.69, 9.17) is 5.10 Å². The van der Waals surface area contributed by atoms with E-state index in [1.54, 1.807) is 16.8 Å². The Morgan fingerprint density at radius 1 is 0.925 bits per heavy atom. The Labute approximate surface area is 247 Å². The van der Waals surface area contributed by atoms with Crippen molar-refractivity contribution in [2.75, 3.05) is 5.75 Å². The minimum Gasteiger partial charge on any atom is -0.342 e. The van der Waals surface area contributed by atoms with Gasteiger partial charge in [-0.2, -0.15) is 5.10 Å². The Bertz CT molecular complexity index is 1710. The lowest BCUT2D eigenvalue weighted by Crippen LogP contribution is -2.28. The number of nitrogens with zero attached hydrogens (tertiary/aromatic N) is 3. The molecule has 0 N–H and O–H groups in total. The minimum absolute atomic E-state index is 0.0122. The summed E-state index contributed by atoms with van der Waals surface area (Å²) in [5, 5.41) is 7.76. The van der Waals surface area contributed by atoms with Gasteiger partial charge in [-0.1, -0.05) is 106 Å². The molecule has 0 saturated heterocycles. The summed E-state index contributed by atoms with van der Waals surface area (Å²) in [7, 11) is 0. The Kier molecular flexibility index (Phi) is 7.63. The second-order valence-electron chi connectivity index (χ2n) is 10.3. The highest BCUT2D eigenvalue weighted by Gasteiger charge is 2.33. The molecule has 1 aromatic heterocycles. The predicted octanol–water partition coefficient (Wildman–Crippen LogP) is 8.54. The zero-order valence-electron chi connectivity index (χ0n) is 22.5. The van der Waals surface area contributed by atoms with Crippen LogP contribution in [0.15, 0.2) is 118 Å². The largest absolute Gasteiger partial charge is 0.342 e. The fourth-order valence-corrected chi connectivity index (χ4v) is 6.48. The molecular formula is C34H30BrN3OS. The first kappa shape index (κ1) is 26.6. The van der Waals surface area contributed by atoms with Gasteiger partial charge in [-0.15, -0.1) is 11.8 Å². The van der Waals surface area contributed by atoms with Crippen molar-refractivity contribution in [3.05, 3.63) is 136 Å². The first-order chi connectivity index (χ1) is 19.4. The van der Waals surface area contributed by atoms with Crippen LogP contribution in [0, 0.1) is 13.8 Å². The van der Waals surface area contributed by atoms with Crippen LogP contribution in [0.2, 0.25) is 0 Å². The molecule has 200 valence electrons. The van der Waals surface area contributed by atoms with Gasteiger partial charge in [-0.05, 0) is 48.7 Å². The number of carbonyl (C=O) groups excluding carboxylic acids is 1. The molecule has 6 rings (SSSR count). The summed E-state index contributed by atoms with van der Waals surface area (Å²) in [6.07, 6.45) is 2.87. The Morgan fingerprint density at radius 3 is 2.48 bits per heavy atom. The molecule has 1 amide bonds. The van der Waals surface area contributed by atoms with Crippen LogP contribution in [0.3, 0.4) is 0 Å². The molecule has 5 aromatic rings. The Morgan fingerprint density at radius 2 is 1.70 bits per heavy atom. The number of aromatic nitrogens is 1. The minimum atomic E-state index is -0.116. The van der Waals surface area contributed by atoms with Crippen molar-refractivity contribution in [3.63, 3.8) is 0 Å². The first-order valence-corrected chi connectivity index (χ1v) is 15.2. The number of amides is 1. The number of benzene rings is 4. The normalized spacial score (nSPS) is 15.0. The molecule has 1 atom stereocenters. The van der Waals surface area contributed by atoms with E-state index in [1.807, 2.05) is 12.1 Å². The van der Waals surface area contributed by atoms with Crippen molar-refractivity contribution in [3.8, 4) is 0 Å². The number of carbonyl (C=O) groups is 1. The number of aryl methyl sites for hydroxylation is 2. The summed E-state index contributed by atoms with van der Waals surface area (Å²) < 4.78 is 3.31. The molecule has 0 saturated carbocycles. The third-order valence-corrected chi connectivity index (χ3v) is 8.90. The highest BCUT2D eigenvalue weighted by atomic mass is 79.9. The van der Waals surface area contributed by atoms with Crippen LogP contribution in [-0.2, 0) is 11.3 Å². The molecule has 0 unspecified atom stereocenters. The van der Waals surface area contributed by atoms with Crippen LogP contribution in [0.25, 0.3) is 10.9 Å². The second kappa shape index (κ2) is 11.5. The van der Waals surface area contributed by atoms with Crippen molar-refractivity contribution < 1.29 is 4.79 Å². The molecule has 4 nitrogen and oxygen atoms in total. The zero-order valence-corrected chi connectivity index (χ0v) is 25.0. The standard InChI is InChI=1S/C34H30BrN3OS/c1-23-10-12-27(13-11-23)32-19-30(26-14-16-28(35)17-15-26)36-38(32)34(39)22-40-33-21-37(31-9-4-3-8-29(31)33)20-25-7-5-6-24(2)18-25/h3-18,21,32H,19-20,22H2,1-2H3/t32-/m0/s1. The van der Waals surface area contributed by atoms with Crippen molar-refractivity contribution in [1.82, 2.24) is 9.58 Å². The summed E-state index contributed by atoms with van der Waals surface area (Å²) in [6.45, 7) is 4.99. The molecule has 1 aliphatic heterocycles. The van der Waals surface area contributed by atoms with Gasteiger partial charge >= 0.3 is 0 Å². The van der Waals surface area contributed by atoms with Gasteiger partial charge in [0.25, 0.3) is 5.91 Å². The average Bonchev–Trinajstić information content (AvgIpc) is 3.55. The number of fused-ring (bicyclic) bond motifs is 1. The fraction of sp³-hybridized carbons (Fsp3) is 0.176. The lowest BCUT2D eigenvalue weighted by Gasteiger charge is -2.22. The van der Waals surface area contributed by atoms with Crippen LogP contribution < -0.4 is 0 Å². The van der Waals surface area contributed by atoms with E-state index < -0.39 is 0 Å². The van der Waals surface area contributed by atoms with Crippen LogP contribution in [0.4, 0.5) is 0 Å². The summed E-state index contributed by atoms with van der Waals surface area (Å²) in [6, 6.07) is 33.5. The zero-order chi connectivity index (χ0) is 27.6. The molecule has 0 spiro atoms. The Hall–Kier alpha value is -3.61. The van der Waals surface area contributed by atoms with Gasteiger partial charge in [0, 0.05) is 39.4 Å². The van der Waals surface area contributed by atoms with Gasteiger partial charge in [0.2, 0.25) is 0 Å².